The topological polar surface area (TPSA) is 88.4 Å². The van der Waals surface area contributed by atoms with Gasteiger partial charge < -0.3 is 4.42 Å². The number of carbonyl (C=O) groups is 3. The van der Waals surface area contributed by atoms with Crippen molar-refractivity contribution in [2.45, 2.75) is 5.92 Å². The molecule has 1 saturated heterocycles. The van der Waals surface area contributed by atoms with E-state index in [9.17, 15) is 14.4 Å². The molecule has 4 amide bonds. The summed E-state index contributed by atoms with van der Waals surface area (Å²) < 4.78 is 5.62. The molecule has 1 aromatic rings. The van der Waals surface area contributed by atoms with Crippen molar-refractivity contribution in [3.05, 3.63) is 22.6 Å². The number of nitrogens with one attached hydrogen (secondary N) is 2. The average molecular weight is 273 g/mol. The van der Waals surface area contributed by atoms with Gasteiger partial charge in [-0.25, -0.2) is 4.79 Å². The molecule has 0 radical (unpaired) electrons. The number of hydrogen-bond donors (Lipinski definition) is 2. The van der Waals surface area contributed by atoms with Crippen molar-refractivity contribution in [3.63, 3.8) is 0 Å². The highest BCUT2D eigenvalue weighted by Gasteiger charge is 2.37. The van der Waals surface area contributed by atoms with Crippen LogP contribution >= 0.6 is 15.9 Å². The maximum absolute atomic E-state index is 11.4. The Morgan fingerprint density at radius 2 is 1.80 bits per heavy atom. The van der Waals surface area contributed by atoms with Crippen molar-refractivity contribution in [2.24, 2.45) is 0 Å². The number of barbiturate groups is 1. The van der Waals surface area contributed by atoms with Gasteiger partial charge in [-0.05, 0) is 22.0 Å². The summed E-state index contributed by atoms with van der Waals surface area (Å²) >= 11 is 3.13. The predicted octanol–water partition coefficient (Wildman–Crippen LogP) is 0.492. The summed E-state index contributed by atoms with van der Waals surface area (Å²) in [5.41, 5.74) is 0. The normalized spacial score (nSPS) is 17.5. The molecular formula is C8H5BrN2O4. The lowest BCUT2D eigenvalue weighted by molar-refractivity contribution is -0.132. The Balaban J connectivity index is 2.32. The summed E-state index contributed by atoms with van der Waals surface area (Å²) in [5.74, 6) is -2.31. The minimum Gasteiger partial charge on any atom is -0.467 e. The Labute approximate surface area is 92.1 Å². The van der Waals surface area contributed by atoms with E-state index >= 15 is 0 Å². The van der Waals surface area contributed by atoms with Gasteiger partial charge in [0.25, 0.3) is 0 Å². The van der Waals surface area contributed by atoms with E-state index in [1.165, 1.54) is 12.3 Å². The van der Waals surface area contributed by atoms with Crippen molar-refractivity contribution < 1.29 is 18.8 Å². The van der Waals surface area contributed by atoms with Crippen LogP contribution < -0.4 is 10.6 Å². The smallest absolute Gasteiger partial charge is 0.328 e. The van der Waals surface area contributed by atoms with Gasteiger partial charge in [0, 0.05) is 0 Å². The van der Waals surface area contributed by atoms with Crippen LogP contribution in [0.1, 0.15) is 11.7 Å². The number of rotatable bonds is 1. The number of hydrogen-bond acceptors (Lipinski definition) is 4. The highest BCUT2D eigenvalue weighted by atomic mass is 79.9. The molecule has 15 heavy (non-hydrogen) atoms. The molecule has 0 aromatic carbocycles. The number of halogens is 1. The molecular weight excluding hydrogens is 268 g/mol. The van der Waals surface area contributed by atoms with Crippen LogP contribution in [0.2, 0.25) is 0 Å². The first kappa shape index (κ1) is 9.91. The molecule has 0 bridgehead atoms. The van der Waals surface area contributed by atoms with Gasteiger partial charge in [-0.3, -0.25) is 20.2 Å². The van der Waals surface area contributed by atoms with E-state index in [-0.39, 0.29) is 5.76 Å². The van der Waals surface area contributed by atoms with E-state index in [1.807, 2.05) is 10.6 Å². The van der Waals surface area contributed by atoms with Gasteiger partial charge in [-0.2, -0.15) is 0 Å². The van der Waals surface area contributed by atoms with Gasteiger partial charge in [0.15, 0.2) is 5.92 Å². The Morgan fingerprint density at radius 3 is 2.27 bits per heavy atom. The fraction of sp³-hybridized carbons (Fsp3) is 0.125. The number of imide groups is 2. The third-order valence-corrected chi connectivity index (χ3v) is 2.29. The van der Waals surface area contributed by atoms with E-state index < -0.39 is 23.8 Å². The lowest BCUT2D eigenvalue weighted by Crippen LogP contribution is -2.54. The summed E-state index contributed by atoms with van der Waals surface area (Å²) in [5, 5.41) is 3.96. The average Bonchev–Trinajstić information content (AvgIpc) is 2.49. The Morgan fingerprint density at radius 1 is 1.20 bits per heavy atom. The van der Waals surface area contributed by atoms with E-state index in [0.717, 1.165) is 0 Å². The summed E-state index contributed by atoms with van der Waals surface area (Å²) in [7, 11) is 0. The first-order valence-corrected chi connectivity index (χ1v) is 4.77. The molecule has 2 rings (SSSR count). The Hall–Kier alpha value is -1.63. The fourth-order valence-electron chi connectivity index (χ4n) is 1.26. The maximum atomic E-state index is 11.4. The number of amides is 4. The molecule has 1 fully saturated rings. The predicted molar refractivity (Wildman–Crippen MR) is 50.8 cm³/mol. The largest absolute Gasteiger partial charge is 0.467 e. The van der Waals surface area contributed by atoms with Crippen molar-refractivity contribution in [2.75, 3.05) is 0 Å². The molecule has 0 unspecified atom stereocenters. The standard InChI is InChI=1S/C8H5BrN2O4/c9-3-1-4(15-2-3)5-6(12)10-8(14)11-7(5)13/h1-2,5H,(H2,10,11,12,13,14). The van der Waals surface area contributed by atoms with E-state index in [1.54, 1.807) is 0 Å². The van der Waals surface area contributed by atoms with Gasteiger partial charge >= 0.3 is 6.03 Å². The summed E-state index contributed by atoms with van der Waals surface area (Å²) in [6.45, 7) is 0. The molecule has 7 heteroatoms. The quantitative estimate of drug-likeness (QED) is 0.729. The Bertz CT molecular complexity index is 433. The van der Waals surface area contributed by atoms with Gasteiger partial charge in [0.1, 0.15) is 12.0 Å². The molecule has 1 aliphatic heterocycles. The summed E-state index contributed by atoms with van der Waals surface area (Å²) in [6, 6.07) is 0.687. The van der Waals surface area contributed by atoms with Crippen molar-refractivity contribution in [1.82, 2.24) is 10.6 Å². The molecule has 78 valence electrons. The molecule has 0 atom stereocenters. The minimum absolute atomic E-state index is 0.185. The first-order chi connectivity index (χ1) is 7.08. The van der Waals surface area contributed by atoms with Crippen LogP contribution in [0.4, 0.5) is 4.79 Å². The lowest BCUT2D eigenvalue weighted by atomic mass is 10.0. The SMILES string of the molecule is O=C1NC(=O)C(c2cc(Br)co2)C(=O)N1. The highest BCUT2D eigenvalue weighted by Crippen LogP contribution is 2.23. The second-order valence-electron chi connectivity index (χ2n) is 2.91. The van der Waals surface area contributed by atoms with Gasteiger partial charge in [-0.15, -0.1) is 0 Å². The van der Waals surface area contributed by atoms with Gasteiger partial charge in [0.2, 0.25) is 11.8 Å². The molecule has 6 nitrogen and oxygen atoms in total. The monoisotopic (exact) mass is 272 g/mol. The van der Waals surface area contributed by atoms with Crippen molar-refractivity contribution in [3.8, 4) is 0 Å². The molecule has 2 N–H and O–H groups in total. The molecule has 1 aromatic heterocycles. The van der Waals surface area contributed by atoms with E-state index in [4.69, 9.17) is 4.42 Å². The fourth-order valence-corrected chi connectivity index (χ4v) is 1.58. The maximum Gasteiger partial charge on any atom is 0.328 e. The van der Waals surface area contributed by atoms with Crippen LogP contribution in [0.25, 0.3) is 0 Å². The van der Waals surface area contributed by atoms with Crippen LogP contribution in [0, 0.1) is 0 Å². The molecule has 1 aliphatic rings. The summed E-state index contributed by atoms with van der Waals surface area (Å²) in [6.07, 6.45) is 1.35. The van der Waals surface area contributed by atoms with Gasteiger partial charge in [-0.1, -0.05) is 0 Å². The van der Waals surface area contributed by atoms with E-state index in [0.29, 0.717) is 4.47 Å². The van der Waals surface area contributed by atoms with Crippen LogP contribution in [0.15, 0.2) is 21.2 Å². The van der Waals surface area contributed by atoms with Gasteiger partial charge in [0.05, 0.1) is 4.47 Å². The lowest BCUT2D eigenvalue weighted by Gasteiger charge is -2.18. The van der Waals surface area contributed by atoms with Crippen molar-refractivity contribution >= 4 is 33.8 Å². The van der Waals surface area contributed by atoms with E-state index in [2.05, 4.69) is 15.9 Å². The minimum atomic E-state index is -1.12. The first-order valence-electron chi connectivity index (χ1n) is 3.97. The third-order valence-electron chi connectivity index (χ3n) is 1.87. The molecule has 0 spiro atoms. The zero-order chi connectivity index (χ0) is 11.0. The molecule has 0 aliphatic carbocycles. The third kappa shape index (κ3) is 1.78. The second-order valence-corrected chi connectivity index (χ2v) is 3.82. The highest BCUT2D eigenvalue weighted by molar-refractivity contribution is 9.10. The zero-order valence-corrected chi connectivity index (χ0v) is 8.83. The van der Waals surface area contributed by atoms with Crippen LogP contribution in [0.5, 0.6) is 0 Å². The number of furan rings is 1. The van der Waals surface area contributed by atoms with Crippen LogP contribution in [-0.4, -0.2) is 17.8 Å². The second kappa shape index (κ2) is 3.50. The summed E-state index contributed by atoms with van der Waals surface area (Å²) in [4.78, 5) is 33.5. The Kier molecular flexibility index (Phi) is 2.31. The van der Waals surface area contributed by atoms with Crippen LogP contribution in [-0.2, 0) is 9.59 Å². The number of urea groups is 1. The van der Waals surface area contributed by atoms with Crippen LogP contribution in [0.3, 0.4) is 0 Å². The number of carbonyl (C=O) groups excluding carboxylic acids is 3. The van der Waals surface area contributed by atoms with Crippen molar-refractivity contribution in [1.29, 1.82) is 0 Å². The molecule has 0 saturated carbocycles. The molecule has 2 heterocycles. The zero-order valence-electron chi connectivity index (χ0n) is 7.24.